The zero-order valence-electron chi connectivity index (χ0n) is 11.7. The van der Waals surface area contributed by atoms with E-state index in [9.17, 15) is 0 Å². The molecule has 3 rings (SSSR count). The van der Waals surface area contributed by atoms with Crippen molar-refractivity contribution in [2.75, 3.05) is 12.1 Å². The van der Waals surface area contributed by atoms with Gasteiger partial charge in [-0.1, -0.05) is 35.3 Å². The number of hydrogen-bond acceptors (Lipinski definition) is 4. The maximum Gasteiger partial charge on any atom is 0.167 e. The molecule has 2 aromatic carbocycles. The van der Waals surface area contributed by atoms with Crippen LogP contribution in [0.15, 0.2) is 53.8 Å². The van der Waals surface area contributed by atoms with Crippen molar-refractivity contribution in [3.05, 3.63) is 64.3 Å². The molecule has 0 aliphatic carbocycles. The molecule has 0 atom stereocenters. The second-order valence-electron chi connectivity index (χ2n) is 4.68. The van der Waals surface area contributed by atoms with E-state index in [2.05, 4.69) is 15.1 Å². The number of fused-ring (bicyclic) bond motifs is 1. The number of benzene rings is 2. The largest absolute Gasteiger partial charge is 0.251 e. The molecule has 4 nitrogen and oxygen atoms in total. The van der Waals surface area contributed by atoms with Crippen LogP contribution >= 0.6 is 23.2 Å². The number of anilines is 1. The van der Waals surface area contributed by atoms with Gasteiger partial charge < -0.3 is 0 Å². The van der Waals surface area contributed by atoms with Crippen LogP contribution < -0.4 is 5.01 Å². The highest BCUT2D eigenvalue weighted by Gasteiger charge is 2.04. The number of nitrogens with zero attached hydrogens (tertiary/aromatic N) is 4. The van der Waals surface area contributed by atoms with Crippen LogP contribution in [-0.4, -0.2) is 23.2 Å². The second-order valence-corrected chi connectivity index (χ2v) is 5.55. The van der Waals surface area contributed by atoms with Crippen molar-refractivity contribution in [3.63, 3.8) is 0 Å². The number of hydrazone groups is 1. The fourth-order valence-corrected chi connectivity index (χ4v) is 2.18. The average molecular weight is 331 g/mol. The van der Waals surface area contributed by atoms with Crippen molar-refractivity contribution in [1.82, 2.24) is 9.97 Å². The van der Waals surface area contributed by atoms with E-state index in [1.54, 1.807) is 29.6 Å². The van der Waals surface area contributed by atoms with E-state index in [1.165, 1.54) is 0 Å². The predicted molar refractivity (Wildman–Crippen MR) is 92.0 cm³/mol. The van der Waals surface area contributed by atoms with E-state index >= 15 is 0 Å². The van der Waals surface area contributed by atoms with Crippen LogP contribution in [0.1, 0.15) is 5.56 Å². The van der Waals surface area contributed by atoms with Crippen molar-refractivity contribution < 1.29 is 0 Å². The summed E-state index contributed by atoms with van der Waals surface area (Å²) >= 11 is 11.8. The molecule has 0 unspecified atom stereocenters. The summed E-state index contributed by atoms with van der Waals surface area (Å²) in [7, 11) is 1.82. The number of halogens is 2. The molecule has 1 heterocycles. The van der Waals surface area contributed by atoms with Gasteiger partial charge in [0.25, 0.3) is 0 Å². The van der Waals surface area contributed by atoms with Crippen molar-refractivity contribution in [2.24, 2.45) is 5.10 Å². The van der Waals surface area contributed by atoms with Crippen LogP contribution in [0.3, 0.4) is 0 Å². The summed E-state index contributed by atoms with van der Waals surface area (Å²) in [6, 6.07) is 12.8. The van der Waals surface area contributed by atoms with E-state index in [-0.39, 0.29) is 0 Å². The van der Waals surface area contributed by atoms with Crippen molar-refractivity contribution in [2.45, 2.75) is 0 Å². The Balaban J connectivity index is 1.83. The molecule has 0 fully saturated rings. The third-order valence-corrected chi connectivity index (χ3v) is 3.56. The fourth-order valence-electron chi connectivity index (χ4n) is 1.89. The summed E-state index contributed by atoms with van der Waals surface area (Å²) in [5.41, 5.74) is 2.48. The van der Waals surface area contributed by atoms with Gasteiger partial charge in [-0.25, -0.2) is 9.99 Å². The van der Waals surface area contributed by atoms with Gasteiger partial charge >= 0.3 is 0 Å². The lowest BCUT2D eigenvalue weighted by Gasteiger charge is -2.11. The third kappa shape index (κ3) is 3.35. The Hall–Kier alpha value is -2.17. The van der Waals surface area contributed by atoms with Gasteiger partial charge in [-0.3, -0.25) is 4.98 Å². The van der Waals surface area contributed by atoms with Gasteiger partial charge in [0, 0.05) is 17.1 Å². The highest BCUT2D eigenvalue weighted by Crippen LogP contribution is 2.18. The average Bonchev–Trinajstić information content (AvgIpc) is 2.53. The molecule has 0 N–H and O–H groups in total. The molecule has 1 aromatic heterocycles. The summed E-state index contributed by atoms with van der Waals surface area (Å²) in [5, 5.41) is 7.36. The van der Waals surface area contributed by atoms with Crippen LogP contribution in [0.25, 0.3) is 11.0 Å². The predicted octanol–water partition coefficient (Wildman–Crippen LogP) is 4.41. The van der Waals surface area contributed by atoms with E-state index in [4.69, 9.17) is 23.2 Å². The summed E-state index contributed by atoms with van der Waals surface area (Å²) in [5.74, 6) is 0.653. The normalized spacial score (nSPS) is 11.2. The van der Waals surface area contributed by atoms with E-state index in [1.807, 2.05) is 37.4 Å². The Labute approximate surface area is 138 Å². The third-order valence-electron chi connectivity index (χ3n) is 3.07. The van der Waals surface area contributed by atoms with Gasteiger partial charge in [0.2, 0.25) is 0 Å². The Morgan fingerprint density at radius 2 is 1.73 bits per heavy atom. The molecule has 0 saturated heterocycles. The lowest BCUT2D eigenvalue weighted by Crippen LogP contribution is -2.11. The minimum Gasteiger partial charge on any atom is -0.251 e. The molecule has 0 bridgehead atoms. The van der Waals surface area contributed by atoms with Crippen LogP contribution in [0.4, 0.5) is 5.82 Å². The number of hydrogen-bond donors (Lipinski definition) is 0. The van der Waals surface area contributed by atoms with E-state index < -0.39 is 0 Å². The molecule has 0 saturated carbocycles. The molecule has 0 spiro atoms. The molecular weight excluding hydrogens is 319 g/mol. The van der Waals surface area contributed by atoms with Crippen LogP contribution in [0, 0.1) is 0 Å². The highest BCUT2D eigenvalue weighted by molar-refractivity contribution is 6.31. The molecule has 22 heavy (non-hydrogen) atoms. The van der Waals surface area contributed by atoms with Crippen molar-refractivity contribution >= 4 is 46.3 Å². The van der Waals surface area contributed by atoms with Gasteiger partial charge in [0.05, 0.1) is 23.4 Å². The maximum absolute atomic E-state index is 5.94. The SMILES string of the molecule is CN(/N=C/c1ccc(Cl)cc1)c1cnc2cc(Cl)ccc2n1. The van der Waals surface area contributed by atoms with Crippen LogP contribution in [0.5, 0.6) is 0 Å². The van der Waals surface area contributed by atoms with Crippen molar-refractivity contribution in [3.8, 4) is 0 Å². The lowest BCUT2D eigenvalue weighted by atomic mass is 10.2. The zero-order valence-corrected chi connectivity index (χ0v) is 13.3. The van der Waals surface area contributed by atoms with Gasteiger partial charge in [-0.05, 0) is 35.9 Å². The number of rotatable bonds is 3. The van der Waals surface area contributed by atoms with Crippen molar-refractivity contribution in [1.29, 1.82) is 0 Å². The first-order valence-corrected chi connectivity index (χ1v) is 7.33. The zero-order chi connectivity index (χ0) is 15.5. The summed E-state index contributed by atoms with van der Waals surface area (Å²) < 4.78 is 0. The van der Waals surface area contributed by atoms with Gasteiger partial charge in [0.15, 0.2) is 5.82 Å². The first kappa shape index (κ1) is 14.8. The van der Waals surface area contributed by atoms with Crippen LogP contribution in [0.2, 0.25) is 10.0 Å². The molecule has 110 valence electrons. The molecule has 0 amide bonds. The second kappa shape index (κ2) is 6.30. The summed E-state index contributed by atoms with van der Waals surface area (Å²) in [6.07, 6.45) is 3.40. The molecule has 0 aliphatic heterocycles. The Morgan fingerprint density at radius 3 is 2.50 bits per heavy atom. The molecule has 6 heteroatoms. The topological polar surface area (TPSA) is 41.4 Å². The molecule has 0 aliphatic rings. The van der Waals surface area contributed by atoms with E-state index in [0.717, 1.165) is 16.6 Å². The first-order chi connectivity index (χ1) is 10.6. The molecule has 3 aromatic rings. The quantitative estimate of drug-likeness (QED) is 0.527. The monoisotopic (exact) mass is 330 g/mol. The standard InChI is InChI=1S/C16H12Cl2N4/c1-22(20-9-11-2-4-12(17)5-3-11)16-10-19-15-8-13(18)6-7-14(15)21-16/h2-10H,1H3/b20-9+. The Bertz CT molecular complexity index is 831. The smallest absolute Gasteiger partial charge is 0.167 e. The maximum atomic E-state index is 5.94. The Morgan fingerprint density at radius 1 is 1.00 bits per heavy atom. The first-order valence-electron chi connectivity index (χ1n) is 6.57. The fraction of sp³-hybridized carbons (Fsp3) is 0.0625. The van der Waals surface area contributed by atoms with Crippen LogP contribution in [-0.2, 0) is 0 Å². The summed E-state index contributed by atoms with van der Waals surface area (Å²) in [6.45, 7) is 0. The minimum absolute atomic E-state index is 0.642. The molecular formula is C16H12Cl2N4. The van der Waals surface area contributed by atoms with E-state index in [0.29, 0.717) is 15.9 Å². The van der Waals surface area contributed by atoms with Gasteiger partial charge in [-0.2, -0.15) is 5.10 Å². The van der Waals surface area contributed by atoms with Gasteiger partial charge in [0.1, 0.15) is 0 Å². The number of aromatic nitrogens is 2. The lowest BCUT2D eigenvalue weighted by molar-refractivity contribution is 0.981. The van der Waals surface area contributed by atoms with Gasteiger partial charge in [-0.15, -0.1) is 0 Å². The highest BCUT2D eigenvalue weighted by atomic mass is 35.5. The Kier molecular flexibility index (Phi) is 4.22. The molecule has 0 radical (unpaired) electrons. The summed E-state index contributed by atoms with van der Waals surface area (Å²) in [4.78, 5) is 8.86. The minimum atomic E-state index is 0.642.